The van der Waals surface area contributed by atoms with Gasteiger partial charge in [0.25, 0.3) is 11.8 Å². The van der Waals surface area contributed by atoms with Crippen LogP contribution in [0.2, 0.25) is 0 Å². The van der Waals surface area contributed by atoms with Gasteiger partial charge in [-0.2, -0.15) is 0 Å². The monoisotopic (exact) mass is 392 g/mol. The number of benzene rings is 2. The molecule has 4 amide bonds. The number of carbonyl (C=O) groups excluding carboxylic acids is 3. The quantitative estimate of drug-likeness (QED) is 0.598. The highest BCUT2D eigenvalue weighted by atomic mass is 16.4. The van der Waals surface area contributed by atoms with Gasteiger partial charge in [0, 0.05) is 0 Å². The van der Waals surface area contributed by atoms with E-state index in [2.05, 4.69) is 19.2 Å². The lowest BCUT2D eigenvalue weighted by Crippen LogP contribution is -2.54. The van der Waals surface area contributed by atoms with E-state index < -0.39 is 23.8 Å². The molecule has 1 aliphatic rings. The van der Waals surface area contributed by atoms with Crippen molar-refractivity contribution in [3.63, 3.8) is 0 Å². The molecule has 7 nitrogen and oxygen atoms in total. The number of nitrogens with one attached hydrogen (secondary N) is 1. The van der Waals surface area contributed by atoms with Crippen LogP contribution in [0.25, 0.3) is 6.08 Å². The first-order valence-corrected chi connectivity index (χ1v) is 9.16. The zero-order valence-electron chi connectivity index (χ0n) is 16.0. The molecule has 7 heteroatoms. The van der Waals surface area contributed by atoms with E-state index in [0.717, 1.165) is 16.9 Å². The number of imide groups is 2. The summed E-state index contributed by atoms with van der Waals surface area (Å²) in [6.07, 6.45) is 2.29. The van der Waals surface area contributed by atoms with Crippen LogP contribution < -0.4 is 10.2 Å². The van der Waals surface area contributed by atoms with E-state index >= 15 is 0 Å². The van der Waals surface area contributed by atoms with E-state index in [1.807, 2.05) is 12.1 Å². The van der Waals surface area contributed by atoms with Gasteiger partial charge in [-0.15, -0.1) is 0 Å². The van der Waals surface area contributed by atoms with Crippen LogP contribution in [0.1, 0.15) is 47.7 Å². The Bertz CT molecular complexity index is 1010. The number of carboxylic acids is 1. The fourth-order valence-electron chi connectivity index (χ4n) is 2.97. The molecule has 0 aromatic heterocycles. The lowest BCUT2D eigenvalue weighted by Gasteiger charge is -2.26. The lowest BCUT2D eigenvalue weighted by molar-refractivity contribution is -0.122. The fourth-order valence-corrected chi connectivity index (χ4v) is 2.97. The van der Waals surface area contributed by atoms with Gasteiger partial charge in [-0.3, -0.25) is 14.9 Å². The van der Waals surface area contributed by atoms with Gasteiger partial charge < -0.3 is 5.11 Å². The Morgan fingerprint density at radius 3 is 2.24 bits per heavy atom. The van der Waals surface area contributed by atoms with Crippen molar-refractivity contribution in [3.8, 4) is 0 Å². The van der Waals surface area contributed by atoms with Crippen molar-refractivity contribution in [2.45, 2.75) is 26.2 Å². The van der Waals surface area contributed by atoms with Crippen molar-refractivity contribution < 1.29 is 24.3 Å². The minimum Gasteiger partial charge on any atom is -0.478 e. The maximum Gasteiger partial charge on any atom is 0.335 e. The van der Waals surface area contributed by atoms with Crippen LogP contribution in [-0.2, 0) is 9.59 Å². The molecule has 1 aliphatic heterocycles. The number of aromatic carboxylic acids is 1. The summed E-state index contributed by atoms with van der Waals surface area (Å²) in [5.41, 5.74) is 1.80. The average Bonchev–Trinajstić information content (AvgIpc) is 2.71. The summed E-state index contributed by atoms with van der Waals surface area (Å²) in [4.78, 5) is 49.2. The Morgan fingerprint density at radius 1 is 1.07 bits per heavy atom. The summed E-state index contributed by atoms with van der Waals surface area (Å²) in [5, 5.41) is 11.1. The zero-order valence-corrected chi connectivity index (χ0v) is 16.0. The Morgan fingerprint density at radius 2 is 1.69 bits per heavy atom. The van der Waals surface area contributed by atoms with E-state index in [4.69, 9.17) is 5.11 Å². The third-order valence-corrected chi connectivity index (χ3v) is 4.90. The lowest BCUT2D eigenvalue weighted by atomic mass is 9.98. The summed E-state index contributed by atoms with van der Waals surface area (Å²) in [7, 11) is 0. The number of hydrogen-bond donors (Lipinski definition) is 2. The second-order valence-electron chi connectivity index (χ2n) is 6.79. The highest BCUT2D eigenvalue weighted by Gasteiger charge is 2.36. The summed E-state index contributed by atoms with van der Waals surface area (Å²) in [6, 6.07) is 12.0. The van der Waals surface area contributed by atoms with Crippen molar-refractivity contribution in [1.82, 2.24) is 5.32 Å². The van der Waals surface area contributed by atoms with Gasteiger partial charge in [-0.05, 0) is 53.8 Å². The van der Waals surface area contributed by atoms with Gasteiger partial charge in [0.15, 0.2) is 0 Å². The first-order valence-electron chi connectivity index (χ1n) is 9.16. The molecule has 0 aliphatic carbocycles. The van der Waals surface area contributed by atoms with Gasteiger partial charge in [-0.25, -0.2) is 14.5 Å². The van der Waals surface area contributed by atoms with Crippen molar-refractivity contribution in [2.75, 3.05) is 4.90 Å². The maximum absolute atomic E-state index is 12.9. The molecule has 2 aromatic rings. The molecule has 2 aromatic carbocycles. The van der Waals surface area contributed by atoms with Crippen LogP contribution in [0.3, 0.4) is 0 Å². The molecule has 2 N–H and O–H groups in total. The molecule has 0 saturated carbocycles. The number of rotatable bonds is 5. The maximum atomic E-state index is 12.9. The average molecular weight is 392 g/mol. The summed E-state index contributed by atoms with van der Waals surface area (Å²) in [6.45, 7) is 4.16. The SMILES string of the molecule is CC[C@H](C)c1ccc(N2C(=O)NC(=O)/C(=C\c3ccc(C(=O)O)cc3)C2=O)cc1. The second kappa shape index (κ2) is 8.10. The molecule has 1 heterocycles. The molecule has 1 atom stereocenters. The van der Waals surface area contributed by atoms with Gasteiger partial charge in [0.05, 0.1) is 11.3 Å². The predicted molar refractivity (Wildman–Crippen MR) is 108 cm³/mol. The van der Waals surface area contributed by atoms with Crippen LogP contribution in [0.5, 0.6) is 0 Å². The Kier molecular flexibility index (Phi) is 5.59. The van der Waals surface area contributed by atoms with Crippen LogP contribution in [0, 0.1) is 0 Å². The minimum absolute atomic E-state index is 0.0878. The van der Waals surface area contributed by atoms with E-state index in [9.17, 15) is 19.2 Å². The van der Waals surface area contributed by atoms with Gasteiger partial charge in [0.2, 0.25) is 0 Å². The minimum atomic E-state index is -1.08. The number of hydrogen-bond acceptors (Lipinski definition) is 4. The van der Waals surface area contributed by atoms with Crippen molar-refractivity contribution >= 4 is 35.6 Å². The summed E-state index contributed by atoms with van der Waals surface area (Å²) >= 11 is 0. The standard InChI is InChI=1S/C22H20N2O5/c1-3-13(2)15-8-10-17(11-9-15)24-20(26)18(19(25)23-22(24)29)12-14-4-6-16(7-5-14)21(27)28/h4-13H,3H2,1-2H3,(H,27,28)(H,23,25,29)/b18-12+/t13-/m0/s1. The molecule has 0 bridgehead atoms. The molecule has 0 unspecified atom stereocenters. The van der Waals surface area contributed by atoms with Gasteiger partial charge >= 0.3 is 12.0 Å². The summed E-state index contributed by atoms with van der Waals surface area (Å²) in [5.74, 6) is -2.26. The van der Waals surface area contributed by atoms with E-state index in [0.29, 0.717) is 17.2 Å². The van der Waals surface area contributed by atoms with Crippen molar-refractivity contribution in [3.05, 3.63) is 70.8 Å². The predicted octanol–water partition coefficient (Wildman–Crippen LogP) is 3.56. The number of nitrogens with zero attached hydrogens (tertiary/aromatic N) is 1. The van der Waals surface area contributed by atoms with Crippen LogP contribution in [-0.4, -0.2) is 28.9 Å². The van der Waals surface area contributed by atoms with Crippen LogP contribution in [0.15, 0.2) is 54.1 Å². The topological polar surface area (TPSA) is 104 Å². The first-order chi connectivity index (χ1) is 13.8. The molecular weight excluding hydrogens is 372 g/mol. The first kappa shape index (κ1) is 20.0. The molecule has 3 rings (SSSR count). The Labute approximate surface area is 167 Å². The largest absolute Gasteiger partial charge is 0.478 e. The van der Waals surface area contributed by atoms with E-state index in [1.54, 1.807) is 12.1 Å². The third kappa shape index (κ3) is 4.08. The normalized spacial score (nSPS) is 16.7. The molecule has 148 valence electrons. The van der Waals surface area contributed by atoms with E-state index in [1.165, 1.54) is 30.3 Å². The number of anilines is 1. The van der Waals surface area contributed by atoms with Crippen LogP contribution in [0.4, 0.5) is 10.5 Å². The molecule has 1 fully saturated rings. The highest BCUT2D eigenvalue weighted by molar-refractivity contribution is 6.39. The number of carboxylic acid groups (broad SMARTS) is 1. The number of carbonyl (C=O) groups is 4. The van der Waals surface area contributed by atoms with Crippen molar-refractivity contribution in [2.24, 2.45) is 0 Å². The number of amides is 4. The van der Waals surface area contributed by atoms with Crippen LogP contribution >= 0.6 is 0 Å². The molecule has 1 saturated heterocycles. The summed E-state index contributed by atoms with van der Waals surface area (Å²) < 4.78 is 0. The second-order valence-corrected chi connectivity index (χ2v) is 6.79. The van der Waals surface area contributed by atoms with Gasteiger partial charge in [-0.1, -0.05) is 38.1 Å². The molecule has 0 spiro atoms. The third-order valence-electron chi connectivity index (χ3n) is 4.90. The van der Waals surface area contributed by atoms with Crippen molar-refractivity contribution in [1.29, 1.82) is 0 Å². The number of urea groups is 1. The van der Waals surface area contributed by atoms with E-state index in [-0.39, 0.29) is 11.1 Å². The highest BCUT2D eigenvalue weighted by Crippen LogP contribution is 2.25. The Balaban J connectivity index is 1.92. The molecular formula is C22H20N2O5. The Hall–Kier alpha value is -3.74. The number of barbiturate groups is 1. The molecule has 0 radical (unpaired) electrons. The smallest absolute Gasteiger partial charge is 0.335 e. The fraction of sp³-hybridized carbons (Fsp3) is 0.182. The zero-order chi connectivity index (χ0) is 21.1. The molecule has 29 heavy (non-hydrogen) atoms. The van der Waals surface area contributed by atoms with Gasteiger partial charge in [0.1, 0.15) is 5.57 Å².